The first-order valence-corrected chi connectivity index (χ1v) is 5.53. The Morgan fingerprint density at radius 1 is 1.69 bits per heavy atom. The van der Waals surface area contributed by atoms with Crippen molar-refractivity contribution in [3.8, 4) is 0 Å². The minimum absolute atomic E-state index is 0.169. The molecule has 0 aromatic rings. The number of alkyl halides is 1. The van der Waals surface area contributed by atoms with Crippen molar-refractivity contribution in [3.05, 3.63) is 0 Å². The summed E-state index contributed by atoms with van der Waals surface area (Å²) < 4.78 is 4.93. The van der Waals surface area contributed by atoms with E-state index in [0.29, 0.717) is 25.5 Å². The number of rotatable bonds is 6. The lowest BCUT2D eigenvalue weighted by atomic mass is 10.3. The summed E-state index contributed by atoms with van der Waals surface area (Å²) in [5.41, 5.74) is 0. The molecular formula is C9H16BrNO2. The van der Waals surface area contributed by atoms with Crippen LogP contribution in [0.1, 0.15) is 19.3 Å². The summed E-state index contributed by atoms with van der Waals surface area (Å²) in [5.74, 6) is 0.833. The van der Waals surface area contributed by atoms with Gasteiger partial charge in [0.25, 0.3) is 0 Å². The maximum atomic E-state index is 11.2. The third-order valence-corrected chi connectivity index (χ3v) is 2.63. The van der Waals surface area contributed by atoms with Crippen LogP contribution in [0.15, 0.2) is 0 Å². The van der Waals surface area contributed by atoms with Crippen LogP contribution in [0.5, 0.6) is 0 Å². The van der Waals surface area contributed by atoms with Crippen molar-refractivity contribution in [2.75, 3.05) is 20.3 Å². The Kier molecular flexibility index (Phi) is 4.73. The maximum absolute atomic E-state index is 11.2. The van der Waals surface area contributed by atoms with E-state index in [9.17, 15) is 4.79 Å². The quantitative estimate of drug-likeness (QED) is 0.722. The van der Waals surface area contributed by atoms with Gasteiger partial charge in [-0.2, -0.15) is 0 Å². The molecule has 1 N–H and O–H groups in total. The smallest absolute Gasteiger partial charge is 0.220 e. The monoisotopic (exact) mass is 249 g/mol. The second-order valence-electron chi connectivity index (χ2n) is 3.50. The topological polar surface area (TPSA) is 38.3 Å². The predicted molar refractivity (Wildman–Crippen MR) is 54.9 cm³/mol. The van der Waals surface area contributed by atoms with Crippen LogP contribution < -0.4 is 5.32 Å². The number of hydrogen-bond donors (Lipinski definition) is 1. The number of carbonyl (C=O) groups excluding carboxylic acids is 1. The van der Waals surface area contributed by atoms with Gasteiger partial charge in [0.15, 0.2) is 0 Å². The van der Waals surface area contributed by atoms with Crippen LogP contribution in [0.4, 0.5) is 0 Å². The van der Waals surface area contributed by atoms with E-state index in [-0.39, 0.29) is 10.7 Å². The SMILES string of the molecule is COCC(Br)CNC(=O)CC1CC1. The minimum Gasteiger partial charge on any atom is -0.383 e. The van der Waals surface area contributed by atoms with Crippen LogP contribution in [-0.2, 0) is 9.53 Å². The highest BCUT2D eigenvalue weighted by molar-refractivity contribution is 9.09. The lowest BCUT2D eigenvalue weighted by Gasteiger charge is -2.09. The Bertz CT molecular complexity index is 171. The molecule has 76 valence electrons. The zero-order valence-electron chi connectivity index (χ0n) is 7.88. The van der Waals surface area contributed by atoms with Crippen LogP contribution in [0, 0.1) is 5.92 Å². The van der Waals surface area contributed by atoms with E-state index in [0.717, 1.165) is 0 Å². The van der Waals surface area contributed by atoms with Crippen LogP contribution in [0.3, 0.4) is 0 Å². The van der Waals surface area contributed by atoms with E-state index in [1.165, 1.54) is 12.8 Å². The van der Waals surface area contributed by atoms with Gasteiger partial charge in [-0.1, -0.05) is 15.9 Å². The molecule has 0 saturated heterocycles. The summed E-state index contributed by atoms with van der Waals surface area (Å²) in [5, 5.41) is 2.87. The molecule has 1 rings (SSSR count). The van der Waals surface area contributed by atoms with Crippen LogP contribution in [-0.4, -0.2) is 31.0 Å². The number of nitrogens with one attached hydrogen (secondary N) is 1. The molecule has 0 aromatic heterocycles. The Morgan fingerprint density at radius 3 is 2.92 bits per heavy atom. The first-order chi connectivity index (χ1) is 6.22. The van der Waals surface area contributed by atoms with E-state index in [2.05, 4.69) is 21.2 Å². The van der Waals surface area contributed by atoms with Crippen molar-refractivity contribution in [3.63, 3.8) is 0 Å². The molecule has 4 heteroatoms. The molecule has 1 amide bonds. The van der Waals surface area contributed by atoms with E-state index in [1.807, 2.05) is 0 Å². The van der Waals surface area contributed by atoms with Gasteiger partial charge in [0.1, 0.15) is 0 Å². The minimum atomic E-state index is 0.169. The van der Waals surface area contributed by atoms with Crippen LogP contribution >= 0.6 is 15.9 Å². The zero-order valence-corrected chi connectivity index (χ0v) is 9.47. The van der Waals surface area contributed by atoms with E-state index in [4.69, 9.17) is 4.74 Å². The predicted octanol–water partition coefficient (Wildman–Crippen LogP) is 1.31. The summed E-state index contributed by atoms with van der Waals surface area (Å²) in [6.07, 6.45) is 3.15. The number of methoxy groups -OCH3 is 1. The number of hydrogen-bond acceptors (Lipinski definition) is 2. The molecule has 0 bridgehead atoms. The summed E-state index contributed by atoms with van der Waals surface area (Å²) in [6.45, 7) is 1.28. The lowest BCUT2D eigenvalue weighted by Crippen LogP contribution is -2.31. The fourth-order valence-corrected chi connectivity index (χ4v) is 1.55. The molecule has 0 aliphatic heterocycles. The molecule has 1 saturated carbocycles. The van der Waals surface area contributed by atoms with Crippen molar-refractivity contribution in [1.29, 1.82) is 0 Å². The molecule has 0 radical (unpaired) electrons. The molecule has 1 unspecified atom stereocenters. The maximum Gasteiger partial charge on any atom is 0.220 e. The third kappa shape index (κ3) is 5.26. The van der Waals surface area contributed by atoms with Gasteiger partial charge in [-0.15, -0.1) is 0 Å². The van der Waals surface area contributed by atoms with Crippen molar-refractivity contribution >= 4 is 21.8 Å². The lowest BCUT2D eigenvalue weighted by molar-refractivity contribution is -0.121. The molecule has 0 spiro atoms. The van der Waals surface area contributed by atoms with Crippen LogP contribution in [0.25, 0.3) is 0 Å². The second-order valence-corrected chi connectivity index (χ2v) is 4.80. The summed E-state index contributed by atoms with van der Waals surface area (Å²) in [6, 6.07) is 0. The first kappa shape index (κ1) is 11.0. The van der Waals surface area contributed by atoms with Crippen LogP contribution in [0.2, 0.25) is 0 Å². The Labute approximate surface area is 87.3 Å². The first-order valence-electron chi connectivity index (χ1n) is 4.62. The normalized spacial score (nSPS) is 18.3. The summed E-state index contributed by atoms with van der Waals surface area (Å²) in [4.78, 5) is 11.5. The third-order valence-electron chi connectivity index (χ3n) is 2.04. The van der Waals surface area contributed by atoms with Crippen molar-refractivity contribution in [1.82, 2.24) is 5.32 Å². The molecule has 1 atom stereocenters. The fraction of sp³-hybridized carbons (Fsp3) is 0.889. The Morgan fingerprint density at radius 2 is 2.38 bits per heavy atom. The molecule has 1 aliphatic carbocycles. The average Bonchev–Trinajstić information content (AvgIpc) is 2.85. The summed E-state index contributed by atoms with van der Waals surface area (Å²) in [7, 11) is 1.65. The standard InChI is InChI=1S/C9H16BrNO2/c1-13-6-8(10)5-11-9(12)4-7-2-3-7/h7-8H,2-6H2,1H3,(H,11,12). The van der Waals surface area contributed by atoms with Gasteiger partial charge >= 0.3 is 0 Å². The zero-order chi connectivity index (χ0) is 9.68. The van der Waals surface area contributed by atoms with Gasteiger partial charge in [0, 0.05) is 20.1 Å². The molecule has 13 heavy (non-hydrogen) atoms. The van der Waals surface area contributed by atoms with Gasteiger partial charge in [0.2, 0.25) is 5.91 Å². The second kappa shape index (κ2) is 5.60. The number of amides is 1. The Hall–Kier alpha value is -0.0900. The fourth-order valence-electron chi connectivity index (χ4n) is 1.12. The molecule has 1 fully saturated rings. The van der Waals surface area contributed by atoms with Gasteiger partial charge in [-0.05, 0) is 18.8 Å². The average molecular weight is 250 g/mol. The van der Waals surface area contributed by atoms with Gasteiger partial charge in [-0.3, -0.25) is 4.79 Å². The number of halogens is 1. The molecule has 3 nitrogen and oxygen atoms in total. The molecular weight excluding hydrogens is 234 g/mol. The van der Waals surface area contributed by atoms with E-state index in [1.54, 1.807) is 7.11 Å². The largest absolute Gasteiger partial charge is 0.383 e. The highest BCUT2D eigenvalue weighted by Gasteiger charge is 2.24. The van der Waals surface area contributed by atoms with Gasteiger partial charge in [0.05, 0.1) is 11.4 Å². The number of carbonyl (C=O) groups is 1. The van der Waals surface area contributed by atoms with E-state index < -0.39 is 0 Å². The van der Waals surface area contributed by atoms with Crippen molar-refractivity contribution in [2.24, 2.45) is 5.92 Å². The Balaban J connectivity index is 1.99. The van der Waals surface area contributed by atoms with Crippen molar-refractivity contribution < 1.29 is 9.53 Å². The molecule has 0 aromatic carbocycles. The van der Waals surface area contributed by atoms with Gasteiger partial charge in [-0.25, -0.2) is 0 Å². The van der Waals surface area contributed by atoms with Gasteiger partial charge < -0.3 is 10.1 Å². The molecule has 0 heterocycles. The highest BCUT2D eigenvalue weighted by Crippen LogP contribution is 2.31. The summed E-state index contributed by atoms with van der Waals surface area (Å²) >= 11 is 3.41. The van der Waals surface area contributed by atoms with E-state index >= 15 is 0 Å². The van der Waals surface area contributed by atoms with Crippen molar-refractivity contribution in [2.45, 2.75) is 24.1 Å². The highest BCUT2D eigenvalue weighted by atomic mass is 79.9. The number of ether oxygens (including phenoxy) is 1. The molecule has 1 aliphatic rings.